The molecule has 12 heavy (non-hydrogen) atoms. The number of hydrogen-bond acceptors (Lipinski definition) is 4. The summed E-state index contributed by atoms with van der Waals surface area (Å²) in [5, 5.41) is 15.3. The van der Waals surface area contributed by atoms with Gasteiger partial charge in [-0.15, -0.1) is 20.4 Å². The third kappa shape index (κ3) is 2.22. The normalized spacial score (nSPS) is 12.8. The first kappa shape index (κ1) is 9.03. The van der Waals surface area contributed by atoms with Crippen molar-refractivity contribution in [3.05, 3.63) is 12.2 Å². The highest BCUT2D eigenvalue weighted by Gasteiger charge is 2.11. The van der Waals surface area contributed by atoms with E-state index >= 15 is 0 Å². The fourth-order valence-electron chi connectivity index (χ4n) is 1.24. The van der Waals surface area contributed by atoms with Crippen molar-refractivity contribution in [3.8, 4) is 0 Å². The average molecular weight is 166 g/mol. The van der Waals surface area contributed by atoms with Crippen molar-refractivity contribution < 1.29 is 0 Å². The van der Waals surface area contributed by atoms with E-state index in [1.54, 1.807) is 0 Å². The molecule has 4 nitrogen and oxygen atoms in total. The van der Waals surface area contributed by atoms with Crippen LogP contribution in [0.15, 0.2) is 6.33 Å². The van der Waals surface area contributed by atoms with Crippen molar-refractivity contribution in [2.24, 2.45) is 0 Å². The first-order valence-electron chi connectivity index (χ1n) is 4.38. The Morgan fingerprint density at radius 3 is 2.42 bits per heavy atom. The Kier molecular flexibility index (Phi) is 3.57. The zero-order valence-electron chi connectivity index (χ0n) is 7.56. The largest absolute Gasteiger partial charge is 0.176 e. The lowest BCUT2D eigenvalue weighted by Crippen LogP contribution is -2.05. The molecule has 1 atom stereocenters. The second-order valence-corrected chi connectivity index (χ2v) is 2.80. The molecule has 1 heterocycles. The summed E-state index contributed by atoms with van der Waals surface area (Å²) < 4.78 is 0. The summed E-state index contributed by atoms with van der Waals surface area (Å²) in [5.41, 5.74) is 0. The predicted molar refractivity (Wildman–Crippen MR) is 45.6 cm³/mol. The van der Waals surface area contributed by atoms with E-state index in [1.165, 1.54) is 6.33 Å². The van der Waals surface area contributed by atoms with Crippen LogP contribution in [0.1, 0.15) is 44.9 Å². The molecule has 1 aromatic rings. The van der Waals surface area contributed by atoms with Gasteiger partial charge in [-0.2, -0.15) is 0 Å². The Hall–Kier alpha value is -1.06. The van der Waals surface area contributed by atoms with Crippen LogP contribution in [-0.2, 0) is 0 Å². The summed E-state index contributed by atoms with van der Waals surface area (Å²) in [6.45, 7) is 4.29. The van der Waals surface area contributed by atoms with E-state index in [9.17, 15) is 0 Å². The van der Waals surface area contributed by atoms with Crippen LogP contribution in [-0.4, -0.2) is 20.4 Å². The fraction of sp³-hybridized carbons (Fsp3) is 0.750. The van der Waals surface area contributed by atoms with Crippen molar-refractivity contribution in [1.82, 2.24) is 20.4 Å². The Morgan fingerprint density at radius 2 is 1.92 bits per heavy atom. The molecule has 1 unspecified atom stereocenters. The molecule has 0 aliphatic heterocycles. The molecule has 0 fully saturated rings. The van der Waals surface area contributed by atoms with Gasteiger partial charge in [-0.05, 0) is 12.8 Å². The minimum Gasteiger partial charge on any atom is -0.135 e. The minimum absolute atomic E-state index is 0.427. The molecule has 0 aromatic carbocycles. The minimum atomic E-state index is 0.427. The van der Waals surface area contributed by atoms with Gasteiger partial charge in [-0.1, -0.05) is 20.3 Å². The van der Waals surface area contributed by atoms with Gasteiger partial charge in [-0.3, -0.25) is 0 Å². The zero-order valence-corrected chi connectivity index (χ0v) is 7.56. The van der Waals surface area contributed by atoms with Crippen molar-refractivity contribution in [1.29, 1.82) is 0 Å². The topological polar surface area (TPSA) is 51.6 Å². The van der Waals surface area contributed by atoms with Crippen molar-refractivity contribution >= 4 is 0 Å². The summed E-state index contributed by atoms with van der Waals surface area (Å²) >= 11 is 0. The lowest BCUT2D eigenvalue weighted by molar-refractivity contribution is 0.541. The van der Waals surface area contributed by atoms with E-state index in [-0.39, 0.29) is 0 Å². The quantitative estimate of drug-likeness (QED) is 0.681. The van der Waals surface area contributed by atoms with Gasteiger partial charge in [-0.25, -0.2) is 0 Å². The number of nitrogens with zero attached hydrogens (tertiary/aromatic N) is 4. The summed E-state index contributed by atoms with van der Waals surface area (Å²) in [4.78, 5) is 0. The lowest BCUT2D eigenvalue weighted by atomic mass is 10.0. The third-order valence-electron chi connectivity index (χ3n) is 1.92. The van der Waals surface area contributed by atoms with E-state index in [4.69, 9.17) is 0 Å². The maximum absolute atomic E-state index is 3.94. The van der Waals surface area contributed by atoms with Crippen LogP contribution in [0, 0.1) is 0 Å². The first-order chi connectivity index (χ1) is 5.88. The van der Waals surface area contributed by atoms with Gasteiger partial charge < -0.3 is 0 Å². The highest BCUT2D eigenvalue weighted by atomic mass is 15.3. The predicted octanol–water partition coefficient (Wildman–Crippen LogP) is 1.56. The van der Waals surface area contributed by atoms with E-state index in [1.807, 2.05) is 0 Å². The summed E-state index contributed by atoms with van der Waals surface area (Å²) in [5.74, 6) is 1.21. The molecular weight excluding hydrogens is 152 g/mol. The van der Waals surface area contributed by atoms with Gasteiger partial charge in [0.1, 0.15) is 0 Å². The van der Waals surface area contributed by atoms with E-state index in [2.05, 4.69) is 34.2 Å². The zero-order chi connectivity index (χ0) is 8.81. The Bertz CT molecular complexity index is 212. The SMILES string of the molecule is CCCC(CC)c1nncnn1. The second-order valence-electron chi connectivity index (χ2n) is 2.80. The maximum atomic E-state index is 3.94. The molecule has 66 valence electrons. The van der Waals surface area contributed by atoms with Gasteiger partial charge in [0.25, 0.3) is 0 Å². The molecule has 0 spiro atoms. The highest BCUT2D eigenvalue weighted by molar-refractivity contribution is 4.89. The third-order valence-corrected chi connectivity index (χ3v) is 1.92. The van der Waals surface area contributed by atoms with Crippen LogP contribution < -0.4 is 0 Å². The van der Waals surface area contributed by atoms with Crippen LogP contribution in [0.25, 0.3) is 0 Å². The molecule has 1 rings (SSSR count). The number of rotatable bonds is 4. The fourth-order valence-corrected chi connectivity index (χ4v) is 1.24. The second kappa shape index (κ2) is 4.74. The number of hydrogen-bond donors (Lipinski definition) is 0. The number of aromatic nitrogens is 4. The Labute approximate surface area is 72.4 Å². The Morgan fingerprint density at radius 1 is 1.25 bits per heavy atom. The molecule has 0 saturated heterocycles. The maximum Gasteiger partial charge on any atom is 0.176 e. The van der Waals surface area contributed by atoms with Gasteiger partial charge >= 0.3 is 0 Å². The molecule has 0 aliphatic rings. The van der Waals surface area contributed by atoms with Crippen molar-refractivity contribution in [2.45, 2.75) is 39.0 Å². The summed E-state index contributed by atoms with van der Waals surface area (Å²) in [6, 6.07) is 0. The van der Waals surface area contributed by atoms with Crippen LogP contribution in [0.2, 0.25) is 0 Å². The molecule has 0 saturated carbocycles. The Balaban J connectivity index is 2.66. The smallest absolute Gasteiger partial charge is 0.135 e. The summed E-state index contributed by atoms with van der Waals surface area (Å²) in [6.07, 6.45) is 4.68. The summed E-state index contributed by atoms with van der Waals surface area (Å²) in [7, 11) is 0. The van der Waals surface area contributed by atoms with Gasteiger partial charge in [0.2, 0.25) is 0 Å². The monoisotopic (exact) mass is 166 g/mol. The van der Waals surface area contributed by atoms with Crippen LogP contribution in [0.4, 0.5) is 0 Å². The van der Waals surface area contributed by atoms with Crippen LogP contribution in [0.5, 0.6) is 0 Å². The molecular formula is C8H14N4. The molecule has 0 amide bonds. The molecule has 0 aliphatic carbocycles. The molecule has 4 heteroatoms. The molecule has 0 bridgehead atoms. The van der Waals surface area contributed by atoms with E-state index < -0.39 is 0 Å². The average Bonchev–Trinajstić information content (AvgIpc) is 2.15. The standard InChI is InChI=1S/C8H14N4/c1-3-5-7(4-2)8-11-9-6-10-12-8/h6-7H,3-5H2,1-2H3. The van der Waals surface area contributed by atoms with Crippen molar-refractivity contribution in [3.63, 3.8) is 0 Å². The molecule has 1 aromatic heterocycles. The van der Waals surface area contributed by atoms with Crippen LogP contribution >= 0.6 is 0 Å². The van der Waals surface area contributed by atoms with Gasteiger partial charge in [0, 0.05) is 5.92 Å². The van der Waals surface area contributed by atoms with Crippen LogP contribution in [0.3, 0.4) is 0 Å². The molecule has 0 radical (unpaired) electrons. The van der Waals surface area contributed by atoms with Gasteiger partial charge in [0.15, 0.2) is 12.2 Å². The molecule has 0 N–H and O–H groups in total. The van der Waals surface area contributed by atoms with Crippen molar-refractivity contribution in [2.75, 3.05) is 0 Å². The van der Waals surface area contributed by atoms with E-state index in [0.29, 0.717) is 5.92 Å². The lowest BCUT2D eigenvalue weighted by Gasteiger charge is -2.08. The van der Waals surface area contributed by atoms with E-state index in [0.717, 1.165) is 25.1 Å². The first-order valence-corrected chi connectivity index (χ1v) is 4.38. The van der Waals surface area contributed by atoms with Gasteiger partial charge in [0.05, 0.1) is 0 Å². The highest BCUT2D eigenvalue weighted by Crippen LogP contribution is 2.19.